The third-order valence-electron chi connectivity index (χ3n) is 3.78. The van der Waals surface area contributed by atoms with E-state index in [4.69, 9.17) is 0 Å². The van der Waals surface area contributed by atoms with Crippen LogP contribution in [-0.2, 0) is 0 Å². The van der Waals surface area contributed by atoms with Gasteiger partial charge in [0.1, 0.15) is 0 Å². The summed E-state index contributed by atoms with van der Waals surface area (Å²) in [4.78, 5) is 0. The normalized spacial score (nSPS) is 16.6. The van der Waals surface area contributed by atoms with Crippen LogP contribution in [0.4, 0.5) is 0 Å². The summed E-state index contributed by atoms with van der Waals surface area (Å²) in [6, 6.07) is 0. The maximum Gasteiger partial charge on any atom is 0.0591 e. The predicted molar refractivity (Wildman–Crippen MR) is 77.1 cm³/mol. The van der Waals surface area contributed by atoms with Gasteiger partial charge in [-0.15, -0.1) is 0 Å². The Bertz CT molecular complexity index is 188. The Morgan fingerprint density at radius 1 is 1.00 bits per heavy atom. The number of hydrogen-bond donors (Lipinski definition) is 1. The molecule has 0 aromatic carbocycles. The monoisotopic (exact) mass is 242 g/mol. The van der Waals surface area contributed by atoms with Gasteiger partial charge < -0.3 is 5.11 Å². The van der Waals surface area contributed by atoms with Crippen molar-refractivity contribution in [2.45, 2.75) is 79.8 Å². The standard InChI is InChI=1S/C16H34O/c1-12(2)11-15(13(3)4)14(5)9-8-10-16(6,7)17/h12-15,17H,8-11H2,1-7H3/t14-,15?/m1/s1. The molecule has 1 N–H and O–H groups in total. The van der Waals surface area contributed by atoms with Crippen LogP contribution in [0.1, 0.15) is 74.1 Å². The molecule has 0 rings (SSSR count). The van der Waals surface area contributed by atoms with E-state index in [0.29, 0.717) is 0 Å². The Morgan fingerprint density at radius 3 is 1.88 bits per heavy atom. The highest BCUT2D eigenvalue weighted by molar-refractivity contribution is 4.73. The van der Waals surface area contributed by atoms with Gasteiger partial charge in [-0.05, 0) is 50.4 Å². The first-order valence-electron chi connectivity index (χ1n) is 7.36. The van der Waals surface area contributed by atoms with Crippen molar-refractivity contribution >= 4 is 0 Å². The molecule has 17 heavy (non-hydrogen) atoms. The van der Waals surface area contributed by atoms with Crippen LogP contribution in [0.3, 0.4) is 0 Å². The van der Waals surface area contributed by atoms with E-state index in [0.717, 1.165) is 36.5 Å². The molecule has 104 valence electrons. The zero-order valence-electron chi connectivity index (χ0n) is 13.1. The molecular weight excluding hydrogens is 208 g/mol. The Kier molecular flexibility index (Phi) is 7.39. The van der Waals surface area contributed by atoms with Gasteiger partial charge in [-0.25, -0.2) is 0 Å². The van der Waals surface area contributed by atoms with Gasteiger partial charge in [-0.2, -0.15) is 0 Å². The van der Waals surface area contributed by atoms with Crippen molar-refractivity contribution in [2.24, 2.45) is 23.7 Å². The summed E-state index contributed by atoms with van der Waals surface area (Å²) in [5.74, 6) is 3.17. The number of hydrogen-bond acceptors (Lipinski definition) is 1. The average molecular weight is 242 g/mol. The molecule has 0 aromatic rings. The molecule has 0 bridgehead atoms. The van der Waals surface area contributed by atoms with Crippen LogP contribution >= 0.6 is 0 Å². The summed E-state index contributed by atoms with van der Waals surface area (Å²) < 4.78 is 0. The van der Waals surface area contributed by atoms with Crippen LogP contribution in [0.25, 0.3) is 0 Å². The highest BCUT2D eigenvalue weighted by Gasteiger charge is 2.22. The summed E-state index contributed by atoms with van der Waals surface area (Å²) in [7, 11) is 0. The SMILES string of the molecule is CC(C)CC(C(C)C)[C@H](C)CCCC(C)(C)O. The van der Waals surface area contributed by atoms with Gasteiger partial charge in [0.25, 0.3) is 0 Å². The van der Waals surface area contributed by atoms with Crippen LogP contribution < -0.4 is 0 Å². The van der Waals surface area contributed by atoms with E-state index in [1.165, 1.54) is 12.8 Å². The zero-order chi connectivity index (χ0) is 13.6. The molecule has 0 aliphatic heterocycles. The summed E-state index contributed by atoms with van der Waals surface area (Å²) in [6.07, 6.45) is 4.65. The van der Waals surface area contributed by atoms with Crippen LogP contribution in [0, 0.1) is 23.7 Å². The Labute approximate surface area is 109 Å². The van der Waals surface area contributed by atoms with E-state index in [1.54, 1.807) is 0 Å². The molecule has 0 aliphatic rings. The molecule has 0 amide bonds. The minimum absolute atomic E-state index is 0.495. The summed E-state index contributed by atoms with van der Waals surface area (Å²) >= 11 is 0. The second-order valence-corrected chi connectivity index (χ2v) is 7.22. The lowest BCUT2D eigenvalue weighted by molar-refractivity contribution is 0.0650. The summed E-state index contributed by atoms with van der Waals surface area (Å²) in [5, 5.41) is 9.72. The van der Waals surface area contributed by atoms with E-state index in [1.807, 2.05) is 13.8 Å². The van der Waals surface area contributed by atoms with Crippen molar-refractivity contribution in [3.05, 3.63) is 0 Å². The minimum Gasteiger partial charge on any atom is -0.390 e. The zero-order valence-corrected chi connectivity index (χ0v) is 13.1. The van der Waals surface area contributed by atoms with Gasteiger partial charge in [0, 0.05) is 0 Å². The largest absolute Gasteiger partial charge is 0.390 e. The van der Waals surface area contributed by atoms with Crippen molar-refractivity contribution in [1.82, 2.24) is 0 Å². The maximum absolute atomic E-state index is 9.72. The molecule has 0 aromatic heterocycles. The molecule has 1 nitrogen and oxygen atoms in total. The molecule has 0 heterocycles. The van der Waals surface area contributed by atoms with Gasteiger partial charge in [-0.1, -0.05) is 47.5 Å². The lowest BCUT2D eigenvalue weighted by Gasteiger charge is -2.30. The second-order valence-electron chi connectivity index (χ2n) is 7.22. The van der Waals surface area contributed by atoms with Crippen LogP contribution in [0.15, 0.2) is 0 Å². The number of rotatable bonds is 8. The highest BCUT2D eigenvalue weighted by Crippen LogP contribution is 2.31. The molecule has 0 saturated carbocycles. The Morgan fingerprint density at radius 2 is 1.53 bits per heavy atom. The van der Waals surface area contributed by atoms with Crippen LogP contribution in [0.2, 0.25) is 0 Å². The fraction of sp³-hybridized carbons (Fsp3) is 1.00. The summed E-state index contributed by atoms with van der Waals surface area (Å²) in [6.45, 7) is 15.5. The van der Waals surface area contributed by atoms with Crippen LogP contribution in [-0.4, -0.2) is 10.7 Å². The Hall–Kier alpha value is -0.0400. The first kappa shape index (κ1) is 17.0. The lowest BCUT2D eigenvalue weighted by atomic mass is 9.76. The minimum atomic E-state index is -0.495. The van der Waals surface area contributed by atoms with Crippen molar-refractivity contribution in [2.75, 3.05) is 0 Å². The molecule has 0 fully saturated rings. The van der Waals surface area contributed by atoms with Gasteiger partial charge in [0.2, 0.25) is 0 Å². The molecule has 1 unspecified atom stereocenters. The maximum atomic E-state index is 9.72. The molecule has 2 atom stereocenters. The first-order chi connectivity index (χ1) is 7.63. The van der Waals surface area contributed by atoms with Crippen molar-refractivity contribution < 1.29 is 5.11 Å². The fourth-order valence-corrected chi connectivity index (χ4v) is 2.78. The molecule has 0 aliphatic carbocycles. The number of aliphatic hydroxyl groups is 1. The van der Waals surface area contributed by atoms with Gasteiger partial charge in [0.05, 0.1) is 5.60 Å². The smallest absolute Gasteiger partial charge is 0.0591 e. The second kappa shape index (κ2) is 7.41. The molecule has 0 spiro atoms. The van der Waals surface area contributed by atoms with E-state index in [2.05, 4.69) is 34.6 Å². The summed E-state index contributed by atoms with van der Waals surface area (Å²) in [5.41, 5.74) is -0.495. The third-order valence-corrected chi connectivity index (χ3v) is 3.78. The first-order valence-corrected chi connectivity index (χ1v) is 7.36. The average Bonchev–Trinajstić information content (AvgIpc) is 2.11. The van der Waals surface area contributed by atoms with Gasteiger partial charge in [0.15, 0.2) is 0 Å². The predicted octanol–water partition coefficient (Wildman–Crippen LogP) is 4.88. The van der Waals surface area contributed by atoms with Crippen molar-refractivity contribution in [3.8, 4) is 0 Å². The molecule has 0 radical (unpaired) electrons. The van der Waals surface area contributed by atoms with Crippen LogP contribution in [0.5, 0.6) is 0 Å². The van der Waals surface area contributed by atoms with Crippen molar-refractivity contribution in [3.63, 3.8) is 0 Å². The third kappa shape index (κ3) is 8.65. The van der Waals surface area contributed by atoms with E-state index in [-0.39, 0.29) is 0 Å². The molecular formula is C16H34O. The van der Waals surface area contributed by atoms with E-state index in [9.17, 15) is 5.11 Å². The lowest BCUT2D eigenvalue weighted by Crippen LogP contribution is -2.22. The highest BCUT2D eigenvalue weighted by atomic mass is 16.3. The molecule has 1 heteroatoms. The topological polar surface area (TPSA) is 20.2 Å². The molecule has 0 saturated heterocycles. The Balaban J connectivity index is 4.10. The van der Waals surface area contributed by atoms with Crippen molar-refractivity contribution in [1.29, 1.82) is 0 Å². The van der Waals surface area contributed by atoms with Gasteiger partial charge >= 0.3 is 0 Å². The van der Waals surface area contributed by atoms with E-state index >= 15 is 0 Å². The quantitative estimate of drug-likeness (QED) is 0.643. The van der Waals surface area contributed by atoms with Gasteiger partial charge in [-0.3, -0.25) is 0 Å². The van der Waals surface area contributed by atoms with E-state index < -0.39 is 5.60 Å². The fourth-order valence-electron chi connectivity index (χ4n) is 2.78.